The lowest BCUT2D eigenvalue weighted by atomic mass is 9.63. The summed E-state index contributed by atoms with van der Waals surface area (Å²) in [5.74, 6) is 0.962. The van der Waals surface area contributed by atoms with Gasteiger partial charge in [-0.3, -0.25) is 0 Å². The number of hydrogen-bond donors (Lipinski definition) is 1. The second-order valence-electron chi connectivity index (χ2n) is 4.44. The highest BCUT2D eigenvalue weighted by atomic mass is 16.5. The van der Waals surface area contributed by atoms with E-state index in [1.807, 2.05) is 24.3 Å². The van der Waals surface area contributed by atoms with Crippen LogP contribution in [0.3, 0.4) is 0 Å². The topological polar surface area (TPSA) is 52.0 Å². The third kappa shape index (κ3) is 1.24. The number of anilines is 1. The van der Waals surface area contributed by atoms with Gasteiger partial charge >= 0.3 is 0 Å². The molecule has 82 valence electrons. The van der Waals surface area contributed by atoms with Gasteiger partial charge in [0.25, 0.3) is 0 Å². The van der Waals surface area contributed by atoms with Gasteiger partial charge in [-0.15, -0.1) is 0 Å². The van der Waals surface area contributed by atoms with Gasteiger partial charge in [0.2, 0.25) is 0 Å². The van der Waals surface area contributed by atoms with Gasteiger partial charge in [0.1, 0.15) is 5.76 Å². The highest BCUT2D eigenvalue weighted by Crippen LogP contribution is 2.49. The fourth-order valence-electron chi connectivity index (χ4n) is 2.51. The van der Waals surface area contributed by atoms with Crippen LogP contribution in [0.4, 0.5) is 5.69 Å². The molecule has 1 fully saturated rings. The molecule has 1 heterocycles. The second-order valence-corrected chi connectivity index (χ2v) is 4.44. The minimum Gasteiger partial charge on any atom is -0.399 e. The zero-order valence-electron chi connectivity index (χ0n) is 9.02. The van der Waals surface area contributed by atoms with Gasteiger partial charge < -0.3 is 10.3 Å². The summed E-state index contributed by atoms with van der Waals surface area (Å²) in [6.07, 6.45) is 5.18. The van der Waals surface area contributed by atoms with Gasteiger partial charge in [-0.1, -0.05) is 23.7 Å². The van der Waals surface area contributed by atoms with Crippen molar-refractivity contribution in [1.29, 1.82) is 0 Å². The van der Waals surface area contributed by atoms with Gasteiger partial charge in [0.05, 0.1) is 11.6 Å². The second kappa shape index (κ2) is 3.37. The maximum absolute atomic E-state index is 5.84. The molecule has 0 atom stereocenters. The maximum atomic E-state index is 5.84. The Kier molecular flexibility index (Phi) is 1.99. The average molecular weight is 214 g/mol. The highest BCUT2D eigenvalue weighted by Gasteiger charge is 2.43. The number of nitrogen functional groups attached to an aromatic ring is 1. The van der Waals surface area contributed by atoms with Crippen LogP contribution in [-0.2, 0) is 5.41 Å². The van der Waals surface area contributed by atoms with E-state index in [0.29, 0.717) is 0 Å². The van der Waals surface area contributed by atoms with Crippen molar-refractivity contribution in [3.63, 3.8) is 0 Å². The maximum Gasteiger partial charge on any atom is 0.147 e. The van der Waals surface area contributed by atoms with E-state index in [1.54, 1.807) is 6.20 Å². The van der Waals surface area contributed by atoms with Crippen LogP contribution in [0.1, 0.15) is 30.6 Å². The number of benzene rings is 1. The molecule has 1 aliphatic carbocycles. The number of aromatic nitrogens is 1. The molecule has 2 N–H and O–H groups in total. The first-order chi connectivity index (χ1) is 7.81. The summed E-state index contributed by atoms with van der Waals surface area (Å²) in [6.45, 7) is 0. The summed E-state index contributed by atoms with van der Waals surface area (Å²) in [4.78, 5) is 0. The Bertz CT molecular complexity index is 486. The number of nitrogens with zero attached hydrogens (tertiary/aromatic N) is 1. The third-order valence-electron chi connectivity index (χ3n) is 3.56. The van der Waals surface area contributed by atoms with Crippen molar-refractivity contribution in [2.24, 2.45) is 0 Å². The molecule has 0 aliphatic heterocycles. The first-order valence-corrected chi connectivity index (χ1v) is 5.58. The third-order valence-corrected chi connectivity index (χ3v) is 3.56. The van der Waals surface area contributed by atoms with Crippen molar-refractivity contribution in [3.05, 3.63) is 47.9 Å². The predicted octanol–water partition coefficient (Wildman–Crippen LogP) is 2.73. The quantitative estimate of drug-likeness (QED) is 0.782. The van der Waals surface area contributed by atoms with E-state index in [4.69, 9.17) is 10.3 Å². The average Bonchev–Trinajstić information content (AvgIpc) is 2.70. The molecule has 1 aliphatic rings. The normalized spacial score (nSPS) is 18.0. The minimum absolute atomic E-state index is 0.0197. The molecule has 0 amide bonds. The first-order valence-electron chi connectivity index (χ1n) is 5.58. The van der Waals surface area contributed by atoms with Crippen LogP contribution in [0, 0.1) is 0 Å². The molecule has 0 radical (unpaired) electrons. The van der Waals surface area contributed by atoms with Gasteiger partial charge in [0.15, 0.2) is 0 Å². The minimum atomic E-state index is 0.0197. The van der Waals surface area contributed by atoms with E-state index < -0.39 is 0 Å². The Morgan fingerprint density at radius 1 is 1.25 bits per heavy atom. The molecule has 0 spiro atoms. The molecule has 3 heteroatoms. The van der Waals surface area contributed by atoms with E-state index in [2.05, 4.69) is 11.2 Å². The van der Waals surface area contributed by atoms with Crippen LogP contribution < -0.4 is 5.73 Å². The molecular formula is C13H14N2O. The summed E-state index contributed by atoms with van der Waals surface area (Å²) >= 11 is 0. The van der Waals surface area contributed by atoms with Crippen molar-refractivity contribution in [2.45, 2.75) is 24.7 Å². The van der Waals surface area contributed by atoms with Crippen molar-refractivity contribution < 1.29 is 4.52 Å². The van der Waals surface area contributed by atoms with Crippen LogP contribution >= 0.6 is 0 Å². The molecule has 1 aromatic heterocycles. The van der Waals surface area contributed by atoms with Crippen LogP contribution in [0.15, 0.2) is 41.1 Å². The van der Waals surface area contributed by atoms with Gasteiger partial charge in [-0.2, -0.15) is 0 Å². The Morgan fingerprint density at radius 3 is 2.69 bits per heavy atom. The molecule has 0 saturated heterocycles. The summed E-state index contributed by atoms with van der Waals surface area (Å²) in [5.41, 5.74) is 7.92. The SMILES string of the molecule is Nc1cccc(C2(c3ccno3)CCC2)c1. The van der Waals surface area contributed by atoms with Crippen LogP contribution in [0.2, 0.25) is 0 Å². The highest BCUT2D eigenvalue weighted by molar-refractivity contribution is 5.47. The van der Waals surface area contributed by atoms with E-state index >= 15 is 0 Å². The summed E-state index contributed by atoms with van der Waals surface area (Å²) in [5, 5.41) is 3.81. The number of hydrogen-bond acceptors (Lipinski definition) is 3. The van der Waals surface area contributed by atoms with Crippen molar-refractivity contribution in [3.8, 4) is 0 Å². The molecule has 1 aromatic carbocycles. The van der Waals surface area contributed by atoms with Gasteiger partial charge in [-0.05, 0) is 30.5 Å². The standard InChI is InChI=1S/C13H14N2O/c14-11-4-1-3-10(9-11)13(6-2-7-13)12-5-8-15-16-12/h1,3-5,8-9H,2,6-7,14H2. The van der Waals surface area contributed by atoms with E-state index in [9.17, 15) is 0 Å². The number of nitrogens with two attached hydrogens (primary N) is 1. The molecule has 3 nitrogen and oxygen atoms in total. The fraction of sp³-hybridized carbons (Fsp3) is 0.308. The summed E-state index contributed by atoms with van der Waals surface area (Å²) in [7, 11) is 0. The molecule has 0 unspecified atom stereocenters. The van der Waals surface area contributed by atoms with Crippen molar-refractivity contribution >= 4 is 5.69 Å². The lowest BCUT2D eigenvalue weighted by Crippen LogP contribution is -2.35. The Labute approximate surface area is 94.2 Å². The fourth-order valence-corrected chi connectivity index (χ4v) is 2.51. The molecule has 3 rings (SSSR count). The van der Waals surface area contributed by atoms with Crippen molar-refractivity contribution in [1.82, 2.24) is 5.16 Å². The zero-order chi connectivity index (χ0) is 11.0. The van der Waals surface area contributed by atoms with Gasteiger partial charge in [0, 0.05) is 11.8 Å². The molecule has 1 saturated carbocycles. The summed E-state index contributed by atoms with van der Waals surface area (Å²) < 4.78 is 5.34. The van der Waals surface area contributed by atoms with E-state index in [0.717, 1.165) is 24.3 Å². The monoisotopic (exact) mass is 214 g/mol. The van der Waals surface area contributed by atoms with Crippen LogP contribution in [0.5, 0.6) is 0 Å². The smallest absolute Gasteiger partial charge is 0.147 e. The van der Waals surface area contributed by atoms with Crippen LogP contribution in [-0.4, -0.2) is 5.16 Å². The van der Waals surface area contributed by atoms with Crippen molar-refractivity contribution in [2.75, 3.05) is 5.73 Å². The Hall–Kier alpha value is -1.77. The van der Waals surface area contributed by atoms with Crippen LogP contribution in [0.25, 0.3) is 0 Å². The molecule has 0 bridgehead atoms. The first kappa shape index (κ1) is 9.46. The number of rotatable bonds is 2. The van der Waals surface area contributed by atoms with Gasteiger partial charge in [-0.25, -0.2) is 0 Å². The Morgan fingerprint density at radius 2 is 2.12 bits per heavy atom. The lowest BCUT2D eigenvalue weighted by Gasteiger charge is -2.40. The molecule has 2 aromatic rings. The largest absolute Gasteiger partial charge is 0.399 e. The molecular weight excluding hydrogens is 200 g/mol. The summed E-state index contributed by atoms with van der Waals surface area (Å²) in [6, 6.07) is 10.0. The van der Waals surface area contributed by atoms with E-state index in [-0.39, 0.29) is 5.41 Å². The zero-order valence-corrected chi connectivity index (χ0v) is 9.02. The molecule has 16 heavy (non-hydrogen) atoms. The lowest BCUT2D eigenvalue weighted by molar-refractivity contribution is 0.225. The van der Waals surface area contributed by atoms with E-state index in [1.165, 1.54) is 12.0 Å². The predicted molar refractivity (Wildman–Crippen MR) is 62.0 cm³/mol. The Balaban J connectivity index is 2.09.